The number of ether oxygens (including phenoxy) is 1. The highest BCUT2D eigenvalue weighted by atomic mass is 32.2. The number of piperidine rings is 1. The lowest BCUT2D eigenvalue weighted by atomic mass is 10.1. The lowest BCUT2D eigenvalue weighted by Crippen LogP contribution is -2.44. The molecule has 1 aromatic carbocycles. The lowest BCUT2D eigenvalue weighted by Gasteiger charge is -2.31. The Bertz CT molecular complexity index is 844. The van der Waals surface area contributed by atoms with E-state index in [-0.39, 0.29) is 16.8 Å². The molecule has 0 bridgehead atoms. The summed E-state index contributed by atoms with van der Waals surface area (Å²) in [5, 5.41) is -0.170. The zero-order valence-electron chi connectivity index (χ0n) is 13.3. The maximum absolute atomic E-state index is 13.7. The van der Waals surface area contributed by atoms with Crippen LogP contribution in [0.4, 0.5) is 8.78 Å². The highest BCUT2D eigenvalue weighted by Gasteiger charge is 2.31. The molecule has 1 aliphatic heterocycles. The Balaban J connectivity index is 1.68. The fourth-order valence-corrected chi connectivity index (χ4v) is 4.87. The molecule has 1 aliphatic rings. The number of halogens is 2. The Morgan fingerprint density at radius 2 is 1.96 bits per heavy atom. The maximum Gasteiger partial charge on any atom is 0.274 e. The monoisotopic (exact) mass is 376 g/mol. The number of hydrogen-bond donors (Lipinski definition) is 0. The van der Waals surface area contributed by atoms with Gasteiger partial charge >= 0.3 is 0 Å². The van der Waals surface area contributed by atoms with Crippen molar-refractivity contribution in [2.45, 2.75) is 38.0 Å². The van der Waals surface area contributed by atoms with Gasteiger partial charge < -0.3 is 4.74 Å². The summed E-state index contributed by atoms with van der Waals surface area (Å²) in [4.78, 5) is 4.07. The van der Waals surface area contributed by atoms with E-state index >= 15 is 0 Å². The summed E-state index contributed by atoms with van der Waals surface area (Å²) in [5.74, 6) is -1.36. The van der Waals surface area contributed by atoms with Gasteiger partial charge in [-0.05, 0) is 32.8 Å². The molecule has 0 atom stereocenters. The Hall–Kier alpha value is -1.32. The first-order valence-corrected chi connectivity index (χ1v) is 10.0. The van der Waals surface area contributed by atoms with E-state index in [9.17, 15) is 17.2 Å². The van der Waals surface area contributed by atoms with Crippen LogP contribution < -0.4 is 4.74 Å². The molecular weight excluding hydrogens is 358 g/mol. The van der Waals surface area contributed by atoms with Gasteiger partial charge in [-0.2, -0.15) is 4.98 Å². The van der Waals surface area contributed by atoms with Gasteiger partial charge in [0.15, 0.2) is 5.82 Å². The van der Waals surface area contributed by atoms with Crippen LogP contribution in [0.1, 0.15) is 26.7 Å². The zero-order chi connectivity index (χ0) is 17.5. The number of fused-ring (bicyclic) bond motifs is 1. The van der Waals surface area contributed by atoms with E-state index < -0.39 is 26.9 Å². The predicted octanol–water partition coefficient (Wildman–Crippen LogP) is 3.16. The van der Waals surface area contributed by atoms with E-state index in [4.69, 9.17) is 4.74 Å². The van der Waals surface area contributed by atoms with Crippen LogP contribution in [-0.4, -0.2) is 42.2 Å². The van der Waals surface area contributed by atoms with Gasteiger partial charge in [0.05, 0.1) is 9.95 Å². The molecule has 132 valence electrons. The van der Waals surface area contributed by atoms with Crippen LogP contribution in [0.5, 0.6) is 5.19 Å². The number of hydrogen-bond acceptors (Lipinski definition) is 5. The van der Waals surface area contributed by atoms with Gasteiger partial charge in [-0.15, -0.1) is 0 Å². The molecule has 2 heterocycles. The minimum Gasteiger partial charge on any atom is -0.467 e. The summed E-state index contributed by atoms with van der Waals surface area (Å²) in [5.41, 5.74) is 0.0937. The second-order valence-electron chi connectivity index (χ2n) is 6.02. The molecule has 0 spiro atoms. The van der Waals surface area contributed by atoms with Gasteiger partial charge in [0, 0.05) is 19.2 Å². The molecule has 1 aromatic heterocycles. The van der Waals surface area contributed by atoms with Gasteiger partial charge in [-0.3, -0.25) is 0 Å². The van der Waals surface area contributed by atoms with E-state index in [0.717, 1.165) is 17.4 Å². The number of rotatable bonds is 4. The van der Waals surface area contributed by atoms with Gasteiger partial charge in [-0.1, -0.05) is 11.3 Å². The van der Waals surface area contributed by atoms with E-state index in [1.54, 1.807) is 13.8 Å². The van der Waals surface area contributed by atoms with Crippen molar-refractivity contribution in [2.24, 2.45) is 0 Å². The van der Waals surface area contributed by atoms with Gasteiger partial charge in [0.25, 0.3) is 5.19 Å². The first-order chi connectivity index (χ1) is 11.3. The molecule has 0 N–H and O–H groups in total. The van der Waals surface area contributed by atoms with E-state index in [1.165, 1.54) is 10.4 Å². The highest BCUT2D eigenvalue weighted by Crippen LogP contribution is 2.32. The largest absolute Gasteiger partial charge is 0.467 e. The molecule has 0 saturated carbocycles. The number of aromatic nitrogens is 1. The van der Waals surface area contributed by atoms with Crippen LogP contribution in [-0.2, 0) is 10.0 Å². The summed E-state index contributed by atoms with van der Waals surface area (Å²) >= 11 is 1.09. The third kappa shape index (κ3) is 3.38. The topological polar surface area (TPSA) is 59.5 Å². The number of sulfonamides is 1. The summed E-state index contributed by atoms with van der Waals surface area (Å²) in [6.07, 6.45) is 0.898. The molecule has 5 nitrogen and oxygen atoms in total. The first-order valence-electron chi connectivity index (χ1n) is 7.68. The van der Waals surface area contributed by atoms with E-state index in [1.807, 2.05) is 0 Å². The smallest absolute Gasteiger partial charge is 0.274 e. The molecule has 9 heteroatoms. The maximum atomic E-state index is 13.7. The van der Waals surface area contributed by atoms with Crippen molar-refractivity contribution in [2.75, 3.05) is 13.1 Å². The Labute approximate surface area is 143 Å². The van der Waals surface area contributed by atoms with Gasteiger partial charge in [0.2, 0.25) is 10.0 Å². The molecule has 1 saturated heterocycles. The predicted molar refractivity (Wildman–Crippen MR) is 88.8 cm³/mol. The summed E-state index contributed by atoms with van der Waals surface area (Å²) in [6, 6.07) is 2.02. The quantitative estimate of drug-likeness (QED) is 0.822. The molecule has 3 rings (SSSR count). The minimum atomic E-state index is -3.25. The summed E-state index contributed by atoms with van der Waals surface area (Å²) in [6.45, 7) is 4.09. The first kappa shape index (κ1) is 17.5. The number of nitrogens with zero attached hydrogens (tertiary/aromatic N) is 2. The molecular formula is C15H18F2N2O3S2. The molecule has 0 aliphatic carbocycles. The second-order valence-corrected chi connectivity index (χ2v) is 9.51. The molecule has 0 unspecified atom stereocenters. The Kier molecular flexibility index (Phi) is 4.76. The van der Waals surface area contributed by atoms with Crippen LogP contribution in [0, 0.1) is 11.6 Å². The zero-order valence-corrected chi connectivity index (χ0v) is 15.0. The Morgan fingerprint density at radius 1 is 1.29 bits per heavy atom. The van der Waals surface area contributed by atoms with Crippen molar-refractivity contribution in [1.29, 1.82) is 0 Å². The van der Waals surface area contributed by atoms with Crippen molar-refractivity contribution in [1.82, 2.24) is 9.29 Å². The highest BCUT2D eigenvalue weighted by molar-refractivity contribution is 7.89. The average molecular weight is 376 g/mol. The fraction of sp³-hybridized carbons (Fsp3) is 0.533. The van der Waals surface area contributed by atoms with E-state index in [0.29, 0.717) is 30.6 Å². The van der Waals surface area contributed by atoms with Crippen LogP contribution >= 0.6 is 11.3 Å². The Morgan fingerprint density at radius 3 is 2.58 bits per heavy atom. The molecule has 24 heavy (non-hydrogen) atoms. The third-order valence-corrected chi connectivity index (χ3v) is 7.19. The lowest BCUT2D eigenvalue weighted by molar-refractivity contribution is 0.134. The number of thiazole rings is 1. The standard InChI is InChI=1S/C15H18F2N2O3S2/c1-9(2)24(20,21)19-5-3-11(4-6-19)22-15-18-14-12(17)7-10(16)8-13(14)23-15/h7-9,11H,3-6H2,1-2H3. The van der Waals surface area contributed by atoms with Crippen LogP contribution in [0.25, 0.3) is 10.2 Å². The van der Waals surface area contributed by atoms with Gasteiger partial charge in [-0.25, -0.2) is 21.5 Å². The van der Waals surface area contributed by atoms with Crippen molar-refractivity contribution < 1.29 is 21.9 Å². The van der Waals surface area contributed by atoms with Crippen molar-refractivity contribution in [3.63, 3.8) is 0 Å². The molecule has 0 amide bonds. The van der Waals surface area contributed by atoms with Crippen molar-refractivity contribution in [3.05, 3.63) is 23.8 Å². The summed E-state index contributed by atoms with van der Waals surface area (Å²) < 4.78 is 58.8. The molecule has 2 aromatic rings. The SMILES string of the molecule is CC(C)S(=O)(=O)N1CCC(Oc2nc3c(F)cc(F)cc3s2)CC1. The number of benzene rings is 1. The average Bonchev–Trinajstić information content (AvgIpc) is 2.90. The van der Waals surface area contributed by atoms with Crippen LogP contribution in [0.3, 0.4) is 0 Å². The fourth-order valence-electron chi connectivity index (χ4n) is 2.63. The van der Waals surface area contributed by atoms with Crippen LogP contribution in [0.15, 0.2) is 12.1 Å². The third-order valence-electron chi connectivity index (χ3n) is 4.02. The van der Waals surface area contributed by atoms with Crippen molar-refractivity contribution in [3.8, 4) is 5.19 Å². The normalized spacial score (nSPS) is 17.7. The second kappa shape index (κ2) is 6.53. The van der Waals surface area contributed by atoms with E-state index in [2.05, 4.69) is 4.98 Å². The minimum absolute atomic E-state index is 0.0937. The van der Waals surface area contributed by atoms with Crippen molar-refractivity contribution >= 4 is 31.6 Å². The molecule has 1 fully saturated rings. The van der Waals surface area contributed by atoms with Crippen LogP contribution in [0.2, 0.25) is 0 Å². The molecule has 0 radical (unpaired) electrons. The summed E-state index contributed by atoms with van der Waals surface area (Å²) in [7, 11) is -3.25. The van der Waals surface area contributed by atoms with Gasteiger partial charge in [0.1, 0.15) is 17.4 Å².